The zero-order valence-corrected chi connectivity index (χ0v) is 22.3. The van der Waals surface area contributed by atoms with Gasteiger partial charge in [0.25, 0.3) is 0 Å². The van der Waals surface area contributed by atoms with Crippen LogP contribution in [0.25, 0.3) is 0 Å². The molecule has 2 amide bonds. The van der Waals surface area contributed by atoms with Gasteiger partial charge < -0.3 is 10.2 Å². The zero-order chi connectivity index (χ0) is 25.6. The van der Waals surface area contributed by atoms with E-state index >= 15 is 0 Å². The molecule has 0 aliphatic carbocycles. The predicted octanol–water partition coefficient (Wildman–Crippen LogP) is 4.26. The van der Waals surface area contributed by atoms with Crippen LogP contribution in [0.2, 0.25) is 10.0 Å². The summed E-state index contributed by atoms with van der Waals surface area (Å²) < 4.78 is 26.3. The largest absolute Gasteiger partial charge is 0.354 e. The highest BCUT2D eigenvalue weighted by Crippen LogP contribution is 2.26. The number of nitrogens with zero attached hydrogens (tertiary/aromatic N) is 2. The lowest BCUT2D eigenvalue weighted by Crippen LogP contribution is -2.51. The van der Waals surface area contributed by atoms with Gasteiger partial charge in [-0.1, -0.05) is 49.2 Å². The van der Waals surface area contributed by atoms with E-state index in [4.69, 9.17) is 23.2 Å². The number of halogens is 2. The topological polar surface area (TPSA) is 86.8 Å². The Labute approximate surface area is 212 Å². The molecule has 0 spiro atoms. The van der Waals surface area contributed by atoms with Gasteiger partial charge in [0.15, 0.2) is 0 Å². The van der Waals surface area contributed by atoms with E-state index in [0.717, 1.165) is 16.1 Å². The molecule has 0 saturated carbocycles. The first-order chi connectivity index (χ1) is 15.8. The Hall–Kier alpha value is -2.29. The molecule has 2 aromatic rings. The molecular formula is C24H31Cl2N3O4S. The Morgan fingerprint density at radius 1 is 1.03 bits per heavy atom. The Kier molecular flexibility index (Phi) is 9.79. The predicted molar refractivity (Wildman–Crippen MR) is 138 cm³/mol. The number of carbonyl (C=O) groups is 2. The molecule has 7 nitrogen and oxygen atoms in total. The number of carbonyl (C=O) groups excluding carboxylic acids is 2. The average molecular weight is 529 g/mol. The summed E-state index contributed by atoms with van der Waals surface area (Å²) >= 11 is 12.1. The lowest BCUT2D eigenvalue weighted by Gasteiger charge is -2.32. The first-order valence-corrected chi connectivity index (χ1v) is 13.5. The summed E-state index contributed by atoms with van der Waals surface area (Å²) in [7, 11) is -3.81. The standard InChI is InChI=1S/C24H31Cl2N3O4S/c1-16(2)13-27-24(31)18(4)28(14-19-7-6-8-20(25)12-19)23(30)15-29(34(5,32)33)22-10-9-21(26)11-17(22)3/h6-12,16,18H,13-15H2,1-5H3,(H,27,31)/t18-/m1/s1. The highest BCUT2D eigenvalue weighted by Gasteiger charge is 2.30. The van der Waals surface area contributed by atoms with Gasteiger partial charge in [0.1, 0.15) is 12.6 Å². The summed E-state index contributed by atoms with van der Waals surface area (Å²) in [6.07, 6.45) is 1.04. The van der Waals surface area contributed by atoms with Gasteiger partial charge in [-0.15, -0.1) is 0 Å². The van der Waals surface area contributed by atoms with Crippen LogP contribution in [0.5, 0.6) is 0 Å². The Morgan fingerprint density at radius 3 is 2.24 bits per heavy atom. The molecule has 2 rings (SSSR count). The van der Waals surface area contributed by atoms with Crippen molar-refractivity contribution in [2.24, 2.45) is 5.92 Å². The maximum atomic E-state index is 13.5. The molecule has 0 heterocycles. The van der Waals surface area contributed by atoms with E-state index in [1.807, 2.05) is 13.8 Å². The summed E-state index contributed by atoms with van der Waals surface area (Å²) in [5.41, 5.74) is 1.67. The van der Waals surface area contributed by atoms with Crippen molar-refractivity contribution in [2.45, 2.75) is 40.3 Å². The fourth-order valence-electron chi connectivity index (χ4n) is 3.36. The fourth-order valence-corrected chi connectivity index (χ4v) is 4.71. The van der Waals surface area contributed by atoms with Crippen LogP contribution in [0.3, 0.4) is 0 Å². The van der Waals surface area contributed by atoms with Gasteiger partial charge in [0, 0.05) is 23.1 Å². The van der Waals surface area contributed by atoms with E-state index in [1.165, 1.54) is 4.90 Å². The van der Waals surface area contributed by atoms with Gasteiger partial charge in [-0.2, -0.15) is 0 Å². The van der Waals surface area contributed by atoms with Crippen molar-refractivity contribution in [3.05, 3.63) is 63.6 Å². The van der Waals surface area contributed by atoms with Crippen LogP contribution < -0.4 is 9.62 Å². The molecule has 0 aromatic heterocycles. The Bertz CT molecular complexity index is 1140. The number of hydrogen-bond donors (Lipinski definition) is 1. The van der Waals surface area contributed by atoms with Crippen LogP contribution in [-0.2, 0) is 26.2 Å². The molecular weight excluding hydrogens is 497 g/mol. The first-order valence-electron chi connectivity index (χ1n) is 10.8. The fraction of sp³-hybridized carbons (Fsp3) is 0.417. The smallest absolute Gasteiger partial charge is 0.244 e. The molecule has 186 valence electrons. The van der Waals surface area contributed by atoms with Crippen molar-refractivity contribution in [1.29, 1.82) is 0 Å². The van der Waals surface area contributed by atoms with E-state index in [0.29, 0.717) is 27.8 Å². The lowest BCUT2D eigenvalue weighted by atomic mass is 10.1. The number of benzene rings is 2. The number of amides is 2. The third kappa shape index (κ3) is 7.89. The van der Waals surface area contributed by atoms with Gasteiger partial charge in [-0.25, -0.2) is 8.42 Å². The van der Waals surface area contributed by atoms with Gasteiger partial charge in [0.2, 0.25) is 21.8 Å². The summed E-state index contributed by atoms with van der Waals surface area (Å²) in [5.74, 6) is -0.605. The molecule has 0 aliphatic heterocycles. The molecule has 0 radical (unpaired) electrons. The van der Waals surface area contributed by atoms with E-state index in [-0.39, 0.29) is 18.4 Å². The third-order valence-electron chi connectivity index (χ3n) is 5.20. The monoisotopic (exact) mass is 527 g/mol. The minimum Gasteiger partial charge on any atom is -0.354 e. The van der Waals surface area contributed by atoms with E-state index in [9.17, 15) is 18.0 Å². The SMILES string of the molecule is Cc1cc(Cl)ccc1N(CC(=O)N(Cc1cccc(Cl)c1)[C@H](C)C(=O)NCC(C)C)S(C)(=O)=O. The molecule has 0 aliphatic rings. The summed E-state index contributed by atoms with van der Waals surface area (Å²) in [4.78, 5) is 27.7. The van der Waals surface area contributed by atoms with Crippen molar-refractivity contribution in [2.75, 3.05) is 23.7 Å². The van der Waals surface area contributed by atoms with E-state index in [1.54, 1.807) is 56.3 Å². The molecule has 2 aromatic carbocycles. The van der Waals surface area contributed by atoms with Gasteiger partial charge in [0.05, 0.1) is 11.9 Å². The normalized spacial score (nSPS) is 12.4. The number of sulfonamides is 1. The number of aryl methyl sites for hydroxylation is 1. The summed E-state index contributed by atoms with van der Waals surface area (Å²) in [5, 5.41) is 3.79. The molecule has 1 atom stereocenters. The lowest BCUT2D eigenvalue weighted by molar-refractivity contribution is -0.139. The van der Waals surface area contributed by atoms with Crippen molar-refractivity contribution < 1.29 is 18.0 Å². The molecule has 1 N–H and O–H groups in total. The van der Waals surface area contributed by atoms with E-state index in [2.05, 4.69) is 5.32 Å². The second kappa shape index (κ2) is 11.9. The maximum Gasteiger partial charge on any atom is 0.244 e. The molecule has 0 saturated heterocycles. The first kappa shape index (κ1) is 28.0. The van der Waals surface area contributed by atoms with Crippen LogP contribution in [0.15, 0.2) is 42.5 Å². The van der Waals surface area contributed by atoms with Crippen molar-refractivity contribution in [1.82, 2.24) is 10.2 Å². The van der Waals surface area contributed by atoms with Gasteiger partial charge >= 0.3 is 0 Å². The number of hydrogen-bond acceptors (Lipinski definition) is 4. The molecule has 0 unspecified atom stereocenters. The molecule has 0 fully saturated rings. The second-order valence-electron chi connectivity index (χ2n) is 8.67. The van der Waals surface area contributed by atoms with E-state index < -0.39 is 28.5 Å². The van der Waals surface area contributed by atoms with Gasteiger partial charge in [-0.3, -0.25) is 13.9 Å². The highest BCUT2D eigenvalue weighted by molar-refractivity contribution is 7.92. The highest BCUT2D eigenvalue weighted by atomic mass is 35.5. The van der Waals surface area contributed by atoms with Crippen LogP contribution in [-0.4, -0.2) is 50.5 Å². The summed E-state index contributed by atoms with van der Waals surface area (Å²) in [6, 6.07) is 10.9. The minimum atomic E-state index is -3.81. The molecule has 0 bridgehead atoms. The van der Waals surface area contributed by atoms with Crippen LogP contribution in [0, 0.1) is 12.8 Å². The van der Waals surface area contributed by atoms with Crippen molar-refractivity contribution in [3.8, 4) is 0 Å². The quantitative estimate of drug-likeness (QED) is 0.500. The molecule has 10 heteroatoms. The summed E-state index contributed by atoms with van der Waals surface area (Å²) in [6.45, 7) is 7.36. The zero-order valence-electron chi connectivity index (χ0n) is 20.0. The third-order valence-corrected chi connectivity index (χ3v) is 6.80. The Morgan fingerprint density at radius 2 is 1.68 bits per heavy atom. The number of rotatable bonds is 10. The number of anilines is 1. The van der Waals surface area contributed by atoms with Gasteiger partial charge in [-0.05, 0) is 61.2 Å². The van der Waals surface area contributed by atoms with Crippen molar-refractivity contribution >= 4 is 50.7 Å². The second-order valence-corrected chi connectivity index (χ2v) is 11.4. The van der Waals surface area contributed by atoms with Crippen LogP contribution in [0.4, 0.5) is 5.69 Å². The average Bonchev–Trinajstić information content (AvgIpc) is 2.73. The number of nitrogens with one attached hydrogen (secondary N) is 1. The Balaban J connectivity index is 2.40. The molecule has 34 heavy (non-hydrogen) atoms. The van der Waals surface area contributed by atoms with Crippen LogP contribution in [0.1, 0.15) is 31.9 Å². The van der Waals surface area contributed by atoms with Crippen molar-refractivity contribution in [3.63, 3.8) is 0 Å². The maximum absolute atomic E-state index is 13.5. The minimum absolute atomic E-state index is 0.0901. The van der Waals surface area contributed by atoms with Crippen LogP contribution >= 0.6 is 23.2 Å².